The Labute approximate surface area is 155 Å². The molecule has 1 amide bonds. The minimum Gasteiger partial charge on any atom is -0.484 e. The van der Waals surface area contributed by atoms with Crippen molar-refractivity contribution < 1.29 is 9.53 Å². The van der Waals surface area contributed by atoms with Gasteiger partial charge in [0, 0.05) is 37.4 Å². The molecule has 5 nitrogen and oxygen atoms in total. The van der Waals surface area contributed by atoms with Gasteiger partial charge < -0.3 is 15.8 Å². The van der Waals surface area contributed by atoms with Crippen LogP contribution in [0.4, 0.5) is 5.69 Å². The summed E-state index contributed by atoms with van der Waals surface area (Å²) in [7, 11) is 0. The molecule has 2 atom stereocenters. The van der Waals surface area contributed by atoms with Gasteiger partial charge in [-0.15, -0.1) is 0 Å². The van der Waals surface area contributed by atoms with E-state index in [1.165, 1.54) is 5.56 Å². The highest BCUT2D eigenvalue weighted by molar-refractivity contribution is 5.75. The summed E-state index contributed by atoms with van der Waals surface area (Å²) in [6, 6.07) is 18.8. The fraction of sp³-hybridized carbons (Fsp3) is 0.381. The van der Waals surface area contributed by atoms with E-state index < -0.39 is 5.91 Å². The number of carbonyl (C=O) groups excluding carboxylic acids is 1. The average Bonchev–Trinajstić information content (AvgIpc) is 2.63. The lowest BCUT2D eigenvalue weighted by molar-refractivity contribution is -0.119. The number of likely N-dealkylation sites (tertiary alicyclic amines) is 1. The molecule has 1 aliphatic rings. The maximum atomic E-state index is 10.9. The Morgan fingerprint density at radius 2 is 2.04 bits per heavy atom. The number of benzene rings is 2. The smallest absolute Gasteiger partial charge is 0.255 e. The Hall–Kier alpha value is -2.53. The molecule has 1 fully saturated rings. The van der Waals surface area contributed by atoms with E-state index in [0.29, 0.717) is 17.7 Å². The van der Waals surface area contributed by atoms with Crippen molar-refractivity contribution in [3.63, 3.8) is 0 Å². The first-order valence-electron chi connectivity index (χ1n) is 9.14. The molecule has 0 bridgehead atoms. The molecule has 0 aromatic heterocycles. The molecular weight excluding hydrogens is 326 g/mol. The molecule has 0 saturated carbocycles. The predicted octanol–water partition coefficient (Wildman–Crippen LogP) is 2.87. The minimum absolute atomic E-state index is 0.0995. The Kier molecular flexibility index (Phi) is 6.12. The van der Waals surface area contributed by atoms with E-state index >= 15 is 0 Å². The van der Waals surface area contributed by atoms with E-state index in [-0.39, 0.29) is 6.61 Å². The third kappa shape index (κ3) is 5.23. The van der Waals surface area contributed by atoms with Gasteiger partial charge >= 0.3 is 0 Å². The molecule has 0 radical (unpaired) electrons. The molecule has 2 unspecified atom stereocenters. The molecule has 2 aromatic rings. The molecular formula is C21H27N3O2. The Morgan fingerprint density at radius 1 is 1.23 bits per heavy atom. The van der Waals surface area contributed by atoms with Crippen molar-refractivity contribution in [2.24, 2.45) is 11.7 Å². The number of amides is 1. The summed E-state index contributed by atoms with van der Waals surface area (Å²) in [4.78, 5) is 13.4. The summed E-state index contributed by atoms with van der Waals surface area (Å²) in [6.45, 7) is 5.35. The summed E-state index contributed by atoms with van der Waals surface area (Å²) < 4.78 is 5.38. The number of nitrogens with two attached hydrogens (primary N) is 1. The maximum Gasteiger partial charge on any atom is 0.255 e. The van der Waals surface area contributed by atoms with E-state index in [9.17, 15) is 4.79 Å². The van der Waals surface area contributed by atoms with Gasteiger partial charge in [0.05, 0.1) is 0 Å². The van der Waals surface area contributed by atoms with Crippen molar-refractivity contribution in [1.29, 1.82) is 0 Å². The van der Waals surface area contributed by atoms with Crippen LogP contribution in [-0.2, 0) is 11.3 Å². The van der Waals surface area contributed by atoms with Crippen LogP contribution >= 0.6 is 0 Å². The first-order chi connectivity index (χ1) is 12.6. The van der Waals surface area contributed by atoms with Gasteiger partial charge in [0.25, 0.3) is 5.91 Å². The van der Waals surface area contributed by atoms with Gasteiger partial charge in [0.15, 0.2) is 6.61 Å². The molecule has 1 saturated heterocycles. The van der Waals surface area contributed by atoms with Crippen LogP contribution in [0, 0.1) is 5.92 Å². The zero-order valence-electron chi connectivity index (χ0n) is 15.2. The predicted molar refractivity (Wildman–Crippen MR) is 104 cm³/mol. The summed E-state index contributed by atoms with van der Waals surface area (Å²) >= 11 is 0. The van der Waals surface area contributed by atoms with Crippen molar-refractivity contribution in [1.82, 2.24) is 4.90 Å². The molecule has 3 N–H and O–H groups in total. The zero-order chi connectivity index (χ0) is 18.4. The Balaban J connectivity index is 1.53. The van der Waals surface area contributed by atoms with Gasteiger partial charge in [0.1, 0.15) is 5.75 Å². The fourth-order valence-corrected chi connectivity index (χ4v) is 3.48. The van der Waals surface area contributed by atoms with Crippen LogP contribution in [0.1, 0.15) is 18.9 Å². The molecule has 3 rings (SSSR count). The second-order valence-electron chi connectivity index (χ2n) is 7.02. The number of piperidine rings is 1. The first kappa shape index (κ1) is 18.3. The van der Waals surface area contributed by atoms with Gasteiger partial charge in [-0.05, 0) is 30.0 Å². The maximum absolute atomic E-state index is 10.9. The second-order valence-corrected chi connectivity index (χ2v) is 7.02. The van der Waals surface area contributed by atoms with Crippen molar-refractivity contribution >= 4 is 11.6 Å². The van der Waals surface area contributed by atoms with Gasteiger partial charge in [-0.25, -0.2) is 0 Å². The molecule has 2 aromatic carbocycles. The summed E-state index contributed by atoms with van der Waals surface area (Å²) in [5.74, 6) is 0.730. The lowest BCUT2D eigenvalue weighted by Gasteiger charge is -2.37. The molecule has 1 aliphatic heterocycles. The quantitative estimate of drug-likeness (QED) is 0.803. The molecule has 26 heavy (non-hydrogen) atoms. The van der Waals surface area contributed by atoms with Crippen LogP contribution in [0.25, 0.3) is 0 Å². The minimum atomic E-state index is -0.470. The zero-order valence-corrected chi connectivity index (χ0v) is 15.2. The third-order valence-electron chi connectivity index (χ3n) is 4.81. The van der Waals surface area contributed by atoms with Gasteiger partial charge in [-0.1, -0.05) is 43.3 Å². The Morgan fingerprint density at radius 3 is 2.77 bits per heavy atom. The number of nitrogens with zero attached hydrogens (tertiary/aromatic N) is 1. The van der Waals surface area contributed by atoms with Crippen LogP contribution in [0.2, 0.25) is 0 Å². The summed E-state index contributed by atoms with van der Waals surface area (Å²) in [5.41, 5.74) is 7.51. The van der Waals surface area contributed by atoms with Crippen molar-refractivity contribution in [2.75, 3.05) is 25.0 Å². The van der Waals surface area contributed by atoms with Crippen LogP contribution < -0.4 is 15.8 Å². The van der Waals surface area contributed by atoms with Gasteiger partial charge in [0.2, 0.25) is 0 Å². The highest BCUT2D eigenvalue weighted by atomic mass is 16.5. The largest absolute Gasteiger partial charge is 0.484 e. The highest BCUT2D eigenvalue weighted by Gasteiger charge is 2.26. The van der Waals surface area contributed by atoms with Crippen molar-refractivity contribution in [2.45, 2.75) is 25.9 Å². The second kappa shape index (κ2) is 8.72. The van der Waals surface area contributed by atoms with E-state index in [4.69, 9.17) is 10.5 Å². The molecule has 1 heterocycles. The number of ether oxygens (including phenoxy) is 1. The number of hydrogen-bond donors (Lipinski definition) is 2. The molecule has 138 valence electrons. The summed E-state index contributed by atoms with van der Waals surface area (Å²) in [6.07, 6.45) is 1.10. The van der Waals surface area contributed by atoms with Crippen LogP contribution in [-0.4, -0.2) is 36.5 Å². The lowest BCUT2D eigenvalue weighted by atomic mass is 9.93. The number of hydrogen-bond acceptors (Lipinski definition) is 4. The number of rotatable bonds is 7. The standard InChI is InChI=1S/C21H27N3O2/c1-16-13-24(14-17-6-3-2-4-7-17)11-10-20(16)23-18-8-5-9-19(12-18)26-15-21(22)25/h2-9,12,16,20,23H,10-11,13-15H2,1H3,(H2,22,25). The van der Waals surface area contributed by atoms with Crippen molar-refractivity contribution in [3.05, 3.63) is 60.2 Å². The Bertz CT molecular complexity index is 720. The molecule has 0 aliphatic carbocycles. The number of carbonyl (C=O) groups is 1. The summed E-state index contributed by atoms with van der Waals surface area (Å²) in [5, 5.41) is 3.62. The van der Waals surface area contributed by atoms with Gasteiger partial charge in [-0.3, -0.25) is 9.69 Å². The highest BCUT2D eigenvalue weighted by Crippen LogP contribution is 2.24. The van der Waals surface area contributed by atoms with E-state index in [1.807, 2.05) is 24.3 Å². The monoisotopic (exact) mass is 353 g/mol. The van der Waals surface area contributed by atoms with Crippen LogP contribution in [0.5, 0.6) is 5.75 Å². The normalized spacial score (nSPS) is 20.5. The average molecular weight is 353 g/mol. The molecule has 0 spiro atoms. The lowest BCUT2D eigenvalue weighted by Crippen LogP contribution is -2.44. The van der Waals surface area contributed by atoms with Crippen LogP contribution in [0.3, 0.4) is 0 Å². The van der Waals surface area contributed by atoms with E-state index in [1.54, 1.807) is 0 Å². The number of nitrogens with one attached hydrogen (secondary N) is 1. The SMILES string of the molecule is CC1CN(Cc2ccccc2)CCC1Nc1cccc(OCC(N)=O)c1. The van der Waals surface area contributed by atoms with E-state index in [2.05, 4.69) is 47.5 Å². The van der Waals surface area contributed by atoms with Crippen LogP contribution in [0.15, 0.2) is 54.6 Å². The van der Waals surface area contributed by atoms with E-state index in [0.717, 1.165) is 31.7 Å². The molecule has 5 heteroatoms. The third-order valence-corrected chi connectivity index (χ3v) is 4.81. The fourth-order valence-electron chi connectivity index (χ4n) is 3.48. The van der Waals surface area contributed by atoms with Crippen molar-refractivity contribution in [3.8, 4) is 5.75 Å². The number of primary amides is 1. The van der Waals surface area contributed by atoms with Gasteiger partial charge in [-0.2, -0.15) is 0 Å². The first-order valence-corrected chi connectivity index (χ1v) is 9.14. The number of anilines is 1. The topological polar surface area (TPSA) is 67.6 Å².